The second kappa shape index (κ2) is 10.8. The van der Waals surface area contributed by atoms with Crippen LogP contribution in [0.1, 0.15) is 51.9 Å². The third-order valence-electron chi connectivity index (χ3n) is 3.85. The molecule has 5 nitrogen and oxygen atoms in total. The lowest BCUT2D eigenvalue weighted by atomic mass is 10.1. The van der Waals surface area contributed by atoms with Crippen LogP contribution in [0.4, 0.5) is 0 Å². The molecule has 1 saturated heterocycles. The predicted molar refractivity (Wildman–Crippen MR) is 84.2 cm³/mol. The molecule has 1 rings (SSSR count). The van der Waals surface area contributed by atoms with Gasteiger partial charge in [0.15, 0.2) is 0 Å². The van der Waals surface area contributed by atoms with Gasteiger partial charge in [-0.3, -0.25) is 0 Å². The molecule has 1 aliphatic rings. The van der Waals surface area contributed by atoms with Gasteiger partial charge >= 0.3 is 0 Å². The van der Waals surface area contributed by atoms with Gasteiger partial charge in [0, 0.05) is 0 Å². The summed E-state index contributed by atoms with van der Waals surface area (Å²) in [5.41, 5.74) is -0.522. The molecule has 5 atom stereocenters. The Morgan fingerprint density at radius 2 is 1.62 bits per heavy atom. The molecule has 0 amide bonds. The maximum atomic E-state index is 9.88. The van der Waals surface area contributed by atoms with Gasteiger partial charge in [0.05, 0.1) is 6.61 Å². The second-order valence-electron chi connectivity index (χ2n) is 5.69. The van der Waals surface area contributed by atoms with Gasteiger partial charge in [-0.25, -0.2) is 0 Å². The van der Waals surface area contributed by atoms with E-state index in [1.807, 2.05) is 0 Å². The molecular weight excluding hydrogens is 292 g/mol. The van der Waals surface area contributed by atoms with Gasteiger partial charge in [0.1, 0.15) is 29.9 Å². The van der Waals surface area contributed by atoms with Crippen molar-refractivity contribution in [2.24, 2.45) is 0 Å². The highest BCUT2D eigenvalue weighted by Gasteiger charge is 2.45. The first kappa shape index (κ1) is 19.2. The van der Waals surface area contributed by atoms with Gasteiger partial charge in [-0.15, -0.1) is 11.8 Å². The summed E-state index contributed by atoms with van der Waals surface area (Å²) in [6.07, 6.45) is 4.42. The van der Waals surface area contributed by atoms with E-state index in [1.54, 1.807) is 0 Å². The minimum atomic E-state index is -1.15. The summed E-state index contributed by atoms with van der Waals surface area (Å²) in [4.78, 5) is 0. The Morgan fingerprint density at radius 1 is 1.00 bits per heavy atom. The first-order valence-corrected chi connectivity index (χ1v) is 9.08. The standard InChI is InChI=1S/C15H30O5S/c1-2-3-4-5-6-7-8-9-21-15-13(19)12(18)14(20-15)11(17)10-16/h11-19H,2-10H2,1H3. The predicted octanol–water partition coefficient (Wildman–Crippen LogP) is 1.27. The topological polar surface area (TPSA) is 90.2 Å². The lowest BCUT2D eigenvalue weighted by Crippen LogP contribution is -2.40. The second-order valence-corrected chi connectivity index (χ2v) is 6.90. The average molecular weight is 322 g/mol. The van der Waals surface area contributed by atoms with E-state index >= 15 is 0 Å². The lowest BCUT2D eigenvalue weighted by Gasteiger charge is -2.18. The molecule has 21 heavy (non-hydrogen) atoms. The summed E-state index contributed by atoms with van der Waals surface area (Å²) in [6, 6.07) is 0. The Bertz CT molecular complexity index is 266. The zero-order valence-electron chi connectivity index (χ0n) is 12.9. The van der Waals surface area contributed by atoms with Crippen molar-refractivity contribution >= 4 is 11.8 Å². The van der Waals surface area contributed by atoms with Crippen molar-refractivity contribution in [2.45, 2.75) is 81.7 Å². The van der Waals surface area contributed by atoms with E-state index in [0.717, 1.165) is 12.2 Å². The fourth-order valence-electron chi connectivity index (χ4n) is 2.49. The molecule has 1 heterocycles. The molecule has 0 radical (unpaired) electrons. The summed E-state index contributed by atoms with van der Waals surface area (Å²) < 4.78 is 5.45. The minimum absolute atomic E-state index is 0.483. The molecule has 0 aromatic carbocycles. The molecule has 6 heteroatoms. The molecule has 1 fully saturated rings. The molecule has 0 aliphatic carbocycles. The van der Waals surface area contributed by atoms with E-state index in [-0.39, 0.29) is 0 Å². The van der Waals surface area contributed by atoms with Gasteiger partial charge in [0.25, 0.3) is 0 Å². The van der Waals surface area contributed by atoms with Crippen LogP contribution in [0.15, 0.2) is 0 Å². The van der Waals surface area contributed by atoms with E-state index < -0.39 is 36.5 Å². The van der Waals surface area contributed by atoms with Crippen molar-refractivity contribution in [3.63, 3.8) is 0 Å². The number of rotatable bonds is 11. The largest absolute Gasteiger partial charge is 0.394 e. The van der Waals surface area contributed by atoms with Crippen LogP contribution in [-0.4, -0.2) is 62.6 Å². The summed E-state index contributed by atoms with van der Waals surface area (Å²) in [5, 5.41) is 38.1. The van der Waals surface area contributed by atoms with Crippen LogP contribution >= 0.6 is 11.8 Å². The molecule has 126 valence electrons. The third kappa shape index (κ3) is 6.42. The van der Waals surface area contributed by atoms with Crippen molar-refractivity contribution in [1.29, 1.82) is 0 Å². The smallest absolute Gasteiger partial charge is 0.132 e. The van der Waals surface area contributed by atoms with E-state index in [2.05, 4.69) is 6.92 Å². The fraction of sp³-hybridized carbons (Fsp3) is 1.00. The number of hydrogen-bond acceptors (Lipinski definition) is 6. The Balaban J connectivity index is 2.12. The molecule has 5 unspecified atom stereocenters. The van der Waals surface area contributed by atoms with Crippen molar-refractivity contribution in [2.75, 3.05) is 12.4 Å². The van der Waals surface area contributed by atoms with Crippen LogP contribution in [0.3, 0.4) is 0 Å². The number of thioether (sulfide) groups is 1. The Labute approximate surface area is 131 Å². The molecule has 0 bridgehead atoms. The van der Waals surface area contributed by atoms with Gasteiger partial charge < -0.3 is 25.2 Å². The highest BCUT2D eigenvalue weighted by molar-refractivity contribution is 7.99. The number of aliphatic hydroxyl groups excluding tert-OH is 4. The first-order chi connectivity index (χ1) is 10.1. The van der Waals surface area contributed by atoms with E-state index in [0.29, 0.717) is 0 Å². The van der Waals surface area contributed by atoms with Crippen LogP contribution in [0, 0.1) is 0 Å². The SMILES string of the molecule is CCCCCCCCCSC1OC(C(O)CO)C(O)C1O. The molecular formula is C15H30O5S. The van der Waals surface area contributed by atoms with Crippen molar-refractivity contribution in [3.05, 3.63) is 0 Å². The average Bonchev–Trinajstić information content (AvgIpc) is 2.77. The number of aliphatic hydroxyl groups is 4. The Kier molecular flexibility index (Phi) is 9.88. The number of hydrogen-bond donors (Lipinski definition) is 4. The maximum absolute atomic E-state index is 9.88. The molecule has 4 N–H and O–H groups in total. The van der Waals surface area contributed by atoms with Crippen LogP contribution in [-0.2, 0) is 4.74 Å². The molecule has 1 aliphatic heterocycles. The van der Waals surface area contributed by atoms with Gasteiger partial charge in [0.2, 0.25) is 0 Å². The lowest BCUT2D eigenvalue weighted by molar-refractivity contribution is -0.0713. The first-order valence-electron chi connectivity index (χ1n) is 8.04. The van der Waals surface area contributed by atoms with Crippen LogP contribution in [0.2, 0.25) is 0 Å². The summed E-state index contributed by atoms with van der Waals surface area (Å²) in [7, 11) is 0. The van der Waals surface area contributed by atoms with E-state index in [4.69, 9.17) is 9.84 Å². The maximum Gasteiger partial charge on any atom is 0.132 e. The number of unbranched alkanes of at least 4 members (excludes halogenated alkanes) is 6. The van der Waals surface area contributed by atoms with Crippen molar-refractivity contribution < 1.29 is 25.2 Å². The van der Waals surface area contributed by atoms with Crippen LogP contribution < -0.4 is 0 Å². The minimum Gasteiger partial charge on any atom is -0.394 e. The summed E-state index contributed by atoms with van der Waals surface area (Å²) in [5.74, 6) is 0.865. The van der Waals surface area contributed by atoms with Crippen LogP contribution in [0.25, 0.3) is 0 Å². The third-order valence-corrected chi connectivity index (χ3v) is 5.10. The van der Waals surface area contributed by atoms with Crippen molar-refractivity contribution in [3.8, 4) is 0 Å². The van der Waals surface area contributed by atoms with Gasteiger partial charge in [-0.05, 0) is 12.2 Å². The highest BCUT2D eigenvalue weighted by atomic mass is 32.2. The van der Waals surface area contributed by atoms with Gasteiger partial charge in [-0.1, -0.05) is 45.4 Å². The fourth-order valence-corrected chi connectivity index (χ4v) is 3.66. The van der Waals surface area contributed by atoms with E-state index in [9.17, 15) is 15.3 Å². The Morgan fingerprint density at radius 3 is 2.24 bits per heavy atom. The molecule has 0 aromatic rings. The monoisotopic (exact) mass is 322 g/mol. The molecule has 0 spiro atoms. The highest BCUT2D eigenvalue weighted by Crippen LogP contribution is 2.31. The normalized spacial score (nSPS) is 30.7. The van der Waals surface area contributed by atoms with Gasteiger partial charge in [-0.2, -0.15) is 0 Å². The van der Waals surface area contributed by atoms with Crippen LogP contribution in [0.5, 0.6) is 0 Å². The van der Waals surface area contributed by atoms with E-state index in [1.165, 1.54) is 50.3 Å². The Hall–Kier alpha value is 0.150. The molecule has 0 aromatic heterocycles. The quantitative estimate of drug-likeness (QED) is 0.428. The zero-order chi connectivity index (χ0) is 15.7. The van der Waals surface area contributed by atoms with Crippen molar-refractivity contribution in [1.82, 2.24) is 0 Å². The molecule has 0 saturated carbocycles. The summed E-state index contributed by atoms with van der Waals surface area (Å²) in [6.45, 7) is 1.72. The number of ether oxygens (including phenoxy) is 1. The zero-order valence-corrected chi connectivity index (χ0v) is 13.7. The summed E-state index contributed by atoms with van der Waals surface area (Å²) >= 11 is 1.47.